The van der Waals surface area contributed by atoms with Gasteiger partial charge in [-0.25, -0.2) is 14.2 Å². The SMILES string of the molecule is COc1c(OCc2ccc(Cl)cc2F)cccc1C1CCN(Cc2nc3c(OC(F)F)cc(C(=O)O)cc3n2C)CC1. The summed E-state index contributed by atoms with van der Waals surface area (Å²) in [5.41, 5.74) is 1.81. The summed E-state index contributed by atoms with van der Waals surface area (Å²) in [5, 5.41) is 9.74. The number of fused-ring (bicyclic) bond motifs is 1. The highest BCUT2D eigenvalue weighted by Gasteiger charge is 2.26. The summed E-state index contributed by atoms with van der Waals surface area (Å²) in [7, 11) is 3.30. The second-order valence-corrected chi connectivity index (χ2v) is 10.5. The highest BCUT2D eigenvalue weighted by molar-refractivity contribution is 6.30. The number of hydrogen-bond acceptors (Lipinski definition) is 6. The van der Waals surface area contributed by atoms with E-state index >= 15 is 0 Å². The fourth-order valence-corrected chi connectivity index (χ4v) is 5.50. The van der Waals surface area contributed by atoms with E-state index in [1.54, 1.807) is 36.9 Å². The van der Waals surface area contributed by atoms with E-state index in [9.17, 15) is 23.1 Å². The molecule has 1 N–H and O–H groups in total. The van der Waals surface area contributed by atoms with Gasteiger partial charge in [0, 0.05) is 23.2 Å². The van der Waals surface area contributed by atoms with E-state index < -0.39 is 18.4 Å². The third kappa shape index (κ3) is 6.27. The smallest absolute Gasteiger partial charge is 0.387 e. The summed E-state index contributed by atoms with van der Waals surface area (Å²) in [4.78, 5) is 18.3. The molecule has 222 valence electrons. The molecule has 0 bridgehead atoms. The van der Waals surface area contributed by atoms with Gasteiger partial charge in [-0.3, -0.25) is 4.90 Å². The maximum absolute atomic E-state index is 14.2. The first-order valence-electron chi connectivity index (χ1n) is 13.3. The topological polar surface area (TPSA) is 86.1 Å². The van der Waals surface area contributed by atoms with Gasteiger partial charge in [0.1, 0.15) is 23.8 Å². The normalized spacial score (nSPS) is 14.5. The minimum absolute atomic E-state index is 0.0251. The summed E-state index contributed by atoms with van der Waals surface area (Å²) >= 11 is 5.85. The Kier molecular flexibility index (Phi) is 8.79. The van der Waals surface area contributed by atoms with Gasteiger partial charge in [-0.2, -0.15) is 8.78 Å². The minimum atomic E-state index is -3.11. The molecule has 0 unspecified atom stereocenters. The van der Waals surface area contributed by atoms with Crippen LogP contribution in [-0.2, 0) is 20.2 Å². The lowest BCUT2D eigenvalue weighted by atomic mass is 9.88. The molecule has 0 radical (unpaired) electrons. The average molecular weight is 604 g/mol. The van der Waals surface area contributed by atoms with Crippen molar-refractivity contribution in [1.82, 2.24) is 14.5 Å². The fourth-order valence-electron chi connectivity index (χ4n) is 5.34. The van der Waals surface area contributed by atoms with Gasteiger partial charge < -0.3 is 23.9 Å². The number of hydrogen-bond donors (Lipinski definition) is 1. The number of piperidine rings is 1. The predicted octanol–water partition coefficient (Wildman–Crippen LogP) is 6.63. The number of aromatic nitrogens is 2. The number of carboxylic acids is 1. The molecule has 1 aliphatic heterocycles. The monoisotopic (exact) mass is 603 g/mol. The van der Waals surface area contributed by atoms with Crippen LogP contribution in [0.15, 0.2) is 48.5 Å². The van der Waals surface area contributed by atoms with Crippen molar-refractivity contribution in [2.24, 2.45) is 7.05 Å². The number of aromatic carboxylic acids is 1. The zero-order valence-corrected chi connectivity index (χ0v) is 23.7. The van der Waals surface area contributed by atoms with Crippen molar-refractivity contribution < 1.29 is 37.3 Å². The second kappa shape index (κ2) is 12.5. The Hall–Kier alpha value is -3.96. The Morgan fingerprint density at radius 2 is 1.90 bits per heavy atom. The van der Waals surface area contributed by atoms with Gasteiger partial charge in [-0.05, 0) is 62.2 Å². The molecule has 1 saturated heterocycles. The molecule has 5 rings (SSSR count). The van der Waals surface area contributed by atoms with Crippen molar-refractivity contribution in [2.75, 3.05) is 20.2 Å². The predicted molar refractivity (Wildman–Crippen MR) is 150 cm³/mol. The van der Waals surface area contributed by atoms with Crippen LogP contribution in [0.4, 0.5) is 13.2 Å². The summed E-state index contributed by atoms with van der Waals surface area (Å²) in [5.74, 6) is -0.0262. The van der Waals surface area contributed by atoms with E-state index in [-0.39, 0.29) is 29.4 Å². The maximum atomic E-state index is 14.2. The van der Waals surface area contributed by atoms with Crippen LogP contribution in [-0.4, -0.2) is 52.3 Å². The van der Waals surface area contributed by atoms with Crippen LogP contribution in [0, 0.1) is 5.82 Å². The number of benzene rings is 3. The quantitative estimate of drug-likeness (QED) is 0.218. The molecule has 4 aromatic rings. The number of carboxylic acid groups (broad SMARTS) is 1. The Balaban J connectivity index is 1.29. The Morgan fingerprint density at radius 1 is 1.14 bits per heavy atom. The zero-order valence-electron chi connectivity index (χ0n) is 22.9. The molecule has 0 aliphatic carbocycles. The molecule has 12 heteroatoms. The molecule has 8 nitrogen and oxygen atoms in total. The van der Waals surface area contributed by atoms with E-state index in [1.807, 2.05) is 12.1 Å². The largest absolute Gasteiger partial charge is 0.493 e. The minimum Gasteiger partial charge on any atom is -0.493 e. The standard InChI is InChI=1S/C30H29ClF3N3O5/c1-36-23-12-19(29(38)39)13-25(42-30(33)34)27(23)35-26(36)15-37-10-8-17(9-11-37)21-4-3-5-24(28(21)40-2)41-16-18-6-7-20(31)14-22(18)32/h3-7,12-14,17,30H,8-11,15-16H2,1-2H3,(H,38,39). The summed E-state index contributed by atoms with van der Waals surface area (Å²) in [6.07, 6.45) is 1.64. The van der Waals surface area contributed by atoms with Gasteiger partial charge in [0.2, 0.25) is 0 Å². The number of nitrogens with zero attached hydrogens (tertiary/aromatic N) is 3. The summed E-state index contributed by atoms with van der Waals surface area (Å²) in [6, 6.07) is 12.6. The average Bonchev–Trinajstić information content (AvgIpc) is 3.27. The number of imidazole rings is 1. The Bertz CT molecular complexity index is 1610. The Labute approximate surface area is 245 Å². The van der Waals surface area contributed by atoms with Crippen LogP contribution >= 0.6 is 11.6 Å². The van der Waals surface area contributed by atoms with E-state index in [4.69, 9.17) is 21.1 Å². The van der Waals surface area contributed by atoms with Gasteiger partial charge in [0.25, 0.3) is 0 Å². The van der Waals surface area contributed by atoms with E-state index in [1.165, 1.54) is 12.1 Å². The molecule has 42 heavy (non-hydrogen) atoms. The van der Waals surface area contributed by atoms with Crippen LogP contribution in [0.5, 0.6) is 17.2 Å². The highest BCUT2D eigenvalue weighted by Crippen LogP contribution is 2.40. The van der Waals surface area contributed by atoms with Crippen molar-refractivity contribution in [2.45, 2.75) is 38.5 Å². The number of ether oxygens (including phenoxy) is 3. The number of rotatable bonds is 10. The molecule has 1 aliphatic rings. The van der Waals surface area contributed by atoms with Crippen molar-refractivity contribution in [1.29, 1.82) is 0 Å². The van der Waals surface area contributed by atoms with Gasteiger partial charge in [0.05, 0.1) is 24.7 Å². The van der Waals surface area contributed by atoms with Gasteiger partial charge in [-0.1, -0.05) is 29.8 Å². The fraction of sp³-hybridized carbons (Fsp3) is 0.333. The van der Waals surface area contributed by atoms with Crippen LogP contribution in [0.1, 0.15) is 46.1 Å². The zero-order chi connectivity index (χ0) is 30.0. The number of carbonyl (C=O) groups is 1. The third-order valence-corrected chi connectivity index (χ3v) is 7.75. The number of halogens is 4. The molecule has 0 amide bonds. The summed E-state index contributed by atoms with van der Waals surface area (Å²) in [6.45, 7) is -1.17. The van der Waals surface area contributed by atoms with Crippen LogP contribution in [0.25, 0.3) is 11.0 Å². The van der Waals surface area contributed by atoms with E-state index in [0.29, 0.717) is 40.0 Å². The number of para-hydroxylation sites is 1. The molecule has 0 saturated carbocycles. The van der Waals surface area contributed by atoms with Gasteiger partial charge in [0.15, 0.2) is 17.2 Å². The van der Waals surface area contributed by atoms with Crippen LogP contribution in [0.2, 0.25) is 5.02 Å². The highest BCUT2D eigenvalue weighted by atomic mass is 35.5. The molecule has 2 heterocycles. The molecule has 1 fully saturated rings. The molecule has 1 aromatic heterocycles. The number of methoxy groups -OCH3 is 1. The number of alkyl halides is 2. The number of likely N-dealkylation sites (tertiary alicyclic amines) is 1. The molecule has 0 spiro atoms. The van der Waals surface area contributed by atoms with E-state index in [0.717, 1.165) is 37.6 Å². The van der Waals surface area contributed by atoms with Gasteiger partial charge in [-0.15, -0.1) is 0 Å². The van der Waals surface area contributed by atoms with Crippen molar-refractivity contribution >= 4 is 28.6 Å². The third-order valence-electron chi connectivity index (χ3n) is 7.51. The van der Waals surface area contributed by atoms with Crippen LogP contribution < -0.4 is 14.2 Å². The lowest BCUT2D eigenvalue weighted by Crippen LogP contribution is -2.33. The first-order chi connectivity index (χ1) is 20.1. The van der Waals surface area contributed by atoms with Gasteiger partial charge >= 0.3 is 12.6 Å². The Morgan fingerprint density at radius 3 is 2.57 bits per heavy atom. The number of aryl methyl sites for hydroxylation is 1. The molecular formula is C30H29ClF3N3O5. The molecular weight excluding hydrogens is 575 g/mol. The van der Waals surface area contributed by atoms with Crippen molar-refractivity contribution in [3.05, 3.63) is 81.9 Å². The summed E-state index contributed by atoms with van der Waals surface area (Å²) < 4.78 is 58.2. The molecule has 0 atom stereocenters. The molecule has 3 aromatic carbocycles. The maximum Gasteiger partial charge on any atom is 0.387 e. The second-order valence-electron chi connectivity index (χ2n) is 10.1. The first kappa shape index (κ1) is 29.5. The van der Waals surface area contributed by atoms with Crippen molar-refractivity contribution in [3.63, 3.8) is 0 Å². The van der Waals surface area contributed by atoms with Crippen molar-refractivity contribution in [3.8, 4) is 17.2 Å². The van der Waals surface area contributed by atoms with E-state index in [2.05, 4.69) is 14.6 Å². The van der Waals surface area contributed by atoms with Crippen LogP contribution in [0.3, 0.4) is 0 Å². The lowest BCUT2D eigenvalue weighted by molar-refractivity contribution is -0.0489. The first-order valence-corrected chi connectivity index (χ1v) is 13.7. The lowest BCUT2D eigenvalue weighted by Gasteiger charge is -2.32.